The molecule has 0 saturated heterocycles. The van der Waals surface area contributed by atoms with E-state index in [1.54, 1.807) is 24.6 Å². The molecular weight excluding hydrogens is 282 g/mol. The lowest BCUT2D eigenvalue weighted by Crippen LogP contribution is -2.22. The highest BCUT2D eigenvalue weighted by Crippen LogP contribution is 2.27. The van der Waals surface area contributed by atoms with Crippen molar-refractivity contribution in [2.75, 3.05) is 13.7 Å². The van der Waals surface area contributed by atoms with Crippen LogP contribution in [-0.2, 0) is 0 Å². The van der Waals surface area contributed by atoms with Crippen molar-refractivity contribution >= 4 is 21.6 Å². The normalized spacial score (nSPS) is 12.5. The first-order chi connectivity index (χ1) is 10.3. The molecule has 0 spiro atoms. The van der Waals surface area contributed by atoms with Crippen LogP contribution in [0.3, 0.4) is 0 Å². The van der Waals surface area contributed by atoms with Crippen LogP contribution >= 0.6 is 11.3 Å². The summed E-state index contributed by atoms with van der Waals surface area (Å²) >= 11 is 1.71. The highest BCUT2D eigenvalue weighted by Gasteiger charge is 2.15. The molecule has 0 aliphatic rings. The zero-order chi connectivity index (χ0) is 14.7. The van der Waals surface area contributed by atoms with E-state index < -0.39 is 0 Å². The van der Waals surface area contributed by atoms with Crippen molar-refractivity contribution in [3.8, 4) is 5.75 Å². The minimum absolute atomic E-state index is 0.0663. The molecule has 1 atom stereocenters. The molecule has 3 rings (SSSR count). The number of nitrogens with one attached hydrogen (secondary N) is 1. The van der Waals surface area contributed by atoms with Crippen molar-refractivity contribution in [3.63, 3.8) is 0 Å². The van der Waals surface area contributed by atoms with E-state index in [2.05, 4.69) is 33.7 Å². The van der Waals surface area contributed by atoms with Crippen LogP contribution in [0, 0.1) is 0 Å². The summed E-state index contributed by atoms with van der Waals surface area (Å²) in [5.74, 6) is 0.764. The zero-order valence-corrected chi connectivity index (χ0v) is 12.9. The Labute approximate surface area is 127 Å². The van der Waals surface area contributed by atoms with Crippen LogP contribution in [0.15, 0.2) is 42.2 Å². The van der Waals surface area contributed by atoms with Crippen molar-refractivity contribution in [2.45, 2.75) is 13.0 Å². The van der Waals surface area contributed by atoms with Gasteiger partial charge in [-0.2, -0.15) is 0 Å². The molecule has 3 heterocycles. The lowest BCUT2D eigenvalue weighted by molar-refractivity contribution is 0.411. The molecule has 3 aromatic heterocycles. The van der Waals surface area contributed by atoms with Crippen LogP contribution in [0.4, 0.5) is 0 Å². The van der Waals surface area contributed by atoms with E-state index in [1.165, 1.54) is 4.70 Å². The molecule has 0 radical (unpaired) electrons. The van der Waals surface area contributed by atoms with Gasteiger partial charge in [0.1, 0.15) is 5.75 Å². The van der Waals surface area contributed by atoms with Crippen LogP contribution in [0.5, 0.6) is 5.75 Å². The summed E-state index contributed by atoms with van der Waals surface area (Å²) < 4.78 is 6.47. The summed E-state index contributed by atoms with van der Waals surface area (Å²) in [5.41, 5.74) is 3.26. The number of hydrogen-bond acceptors (Lipinski definition) is 5. The Balaban J connectivity index is 2.03. The molecule has 0 bridgehead atoms. The van der Waals surface area contributed by atoms with Crippen LogP contribution in [-0.4, -0.2) is 23.6 Å². The number of thiophene rings is 1. The Morgan fingerprint density at radius 1 is 1.24 bits per heavy atom. The molecule has 5 heteroatoms. The molecule has 0 amide bonds. The van der Waals surface area contributed by atoms with Crippen molar-refractivity contribution in [3.05, 3.63) is 53.3 Å². The number of ether oxygens (including phenoxy) is 1. The van der Waals surface area contributed by atoms with Gasteiger partial charge in [0, 0.05) is 12.4 Å². The standard InChI is InChI=1S/C16H17N3OS/c1-3-18-16(11-6-13(20-2)10-17-8-11)12-7-15-14(19-9-12)4-5-21-15/h4-10,16,18H,3H2,1-2H3. The van der Waals surface area contributed by atoms with E-state index in [4.69, 9.17) is 4.74 Å². The first-order valence-electron chi connectivity index (χ1n) is 6.87. The summed E-state index contributed by atoms with van der Waals surface area (Å²) in [6.45, 7) is 2.96. The number of pyridine rings is 2. The first-order valence-corrected chi connectivity index (χ1v) is 7.75. The van der Waals surface area contributed by atoms with Crippen molar-refractivity contribution in [2.24, 2.45) is 0 Å². The van der Waals surface area contributed by atoms with Gasteiger partial charge in [0.25, 0.3) is 0 Å². The molecule has 0 aromatic carbocycles. The second-order valence-corrected chi connectivity index (χ2v) is 5.67. The molecule has 4 nitrogen and oxygen atoms in total. The second kappa shape index (κ2) is 6.20. The fourth-order valence-electron chi connectivity index (χ4n) is 2.36. The van der Waals surface area contributed by atoms with E-state index in [0.717, 1.165) is 28.9 Å². The maximum atomic E-state index is 5.27. The third kappa shape index (κ3) is 2.89. The molecular formula is C16H17N3OS. The third-order valence-electron chi connectivity index (χ3n) is 3.37. The van der Waals surface area contributed by atoms with Gasteiger partial charge in [0.05, 0.1) is 29.6 Å². The summed E-state index contributed by atoms with van der Waals surface area (Å²) in [6.07, 6.45) is 5.52. The van der Waals surface area contributed by atoms with Crippen molar-refractivity contribution in [1.82, 2.24) is 15.3 Å². The maximum Gasteiger partial charge on any atom is 0.137 e. The van der Waals surface area contributed by atoms with E-state index in [1.807, 2.05) is 24.5 Å². The Morgan fingerprint density at radius 3 is 2.90 bits per heavy atom. The maximum absolute atomic E-state index is 5.27. The lowest BCUT2D eigenvalue weighted by atomic mass is 10.0. The quantitative estimate of drug-likeness (QED) is 0.784. The average Bonchev–Trinajstić information content (AvgIpc) is 3.00. The minimum atomic E-state index is 0.0663. The number of nitrogens with zero attached hydrogens (tertiary/aromatic N) is 2. The second-order valence-electron chi connectivity index (χ2n) is 4.72. The third-order valence-corrected chi connectivity index (χ3v) is 4.22. The predicted octanol–water partition coefficient (Wildman–Crippen LogP) is 3.40. The van der Waals surface area contributed by atoms with Gasteiger partial charge in [-0.05, 0) is 41.3 Å². The molecule has 3 aromatic rings. The fourth-order valence-corrected chi connectivity index (χ4v) is 3.15. The van der Waals surface area contributed by atoms with E-state index in [9.17, 15) is 0 Å². The molecule has 108 valence electrons. The monoisotopic (exact) mass is 299 g/mol. The Morgan fingerprint density at radius 2 is 2.10 bits per heavy atom. The van der Waals surface area contributed by atoms with Crippen LogP contribution < -0.4 is 10.1 Å². The molecule has 0 fully saturated rings. The number of aromatic nitrogens is 2. The Hall–Kier alpha value is -1.98. The summed E-state index contributed by atoms with van der Waals surface area (Å²) in [4.78, 5) is 8.78. The van der Waals surface area contributed by atoms with Gasteiger partial charge in [0.15, 0.2) is 0 Å². The van der Waals surface area contributed by atoms with Gasteiger partial charge in [-0.15, -0.1) is 11.3 Å². The number of hydrogen-bond donors (Lipinski definition) is 1. The average molecular weight is 299 g/mol. The van der Waals surface area contributed by atoms with Crippen LogP contribution in [0.1, 0.15) is 24.1 Å². The minimum Gasteiger partial charge on any atom is -0.495 e. The van der Waals surface area contributed by atoms with E-state index >= 15 is 0 Å². The molecule has 1 unspecified atom stereocenters. The lowest BCUT2D eigenvalue weighted by Gasteiger charge is -2.18. The topological polar surface area (TPSA) is 47.0 Å². The zero-order valence-electron chi connectivity index (χ0n) is 12.0. The van der Waals surface area contributed by atoms with Gasteiger partial charge in [-0.25, -0.2) is 0 Å². The highest BCUT2D eigenvalue weighted by atomic mass is 32.1. The molecule has 0 aliphatic carbocycles. The van der Waals surface area contributed by atoms with Gasteiger partial charge in [-0.1, -0.05) is 6.92 Å². The summed E-state index contributed by atoms with van der Waals surface area (Å²) in [5, 5.41) is 5.56. The van der Waals surface area contributed by atoms with Gasteiger partial charge in [-0.3, -0.25) is 9.97 Å². The van der Waals surface area contributed by atoms with Crippen molar-refractivity contribution in [1.29, 1.82) is 0 Å². The SMILES string of the molecule is CCNC(c1cncc(OC)c1)c1cnc2ccsc2c1. The van der Waals surface area contributed by atoms with Gasteiger partial charge in [0.2, 0.25) is 0 Å². The Kier molecular flexibility index (Phi) is 4.13. The molecule has 21 heavy (non-hydrogen) atoms. The van der Waals surface area contributed by atoms with Gasteiger partial charge < -0.3 is 10.1 Å². The number of methoxy groups -OCH3 is 1. The Bertz CT molecular complexity index is 741. The van der Waals surface area contributed by atoms with E-state index in [0.29, 0.717) is 0 Å². The molecule has 0 aliphatic heterocycles. The first kappa shape index (κ1) is 14.0. The number of rotatable bonds is 5. The summed E-state index contributed by atoms with van der Waals surface area (Å²) in [7, 11) is 1.66. The van der Waals surface area contributed by atoms with E-state index in [-0.39, 0.29) is 6.04 Å². The molecule has 0 saturated carbocycles. The number of fused-ring (bicyclic) bond motifs is 1. The molecule has 1 N–H and O–H groups in total. The fraction of sp³-hybridized carbons (Fsp3) is 0.250. The van der Waals surface area contributed by atoms with Crippen LogP contribution in [0.25, 0.3) is 10.2 Å². The highest BCUT2D eigenvalue weighted by molar-refractivity contribution is 7.17. The van der Waals surface area contributed by atoms with Gasteiger partial charge >= 0.3 is 0 Å². The predicted molar refractivity (Wildman–Crippen MR) is 85.9 cm³/mol. The largest absolute Gasteiger partial charge is 0.495 e. The summed E-state index contributed by atoms with van der Waals surface area (Å²) in [6, 6.07) is 6.31. The smallest absolute Gasteiger partial charge is 0.137 e. The van der Waals surface area contributed by atoms with Crippen LogP contribution in [0.2, 0.25) is 0 Å². The van der Waals surface area contributed by atoms with Crippen molar-refractivity contribution < 1.29 is 4.74 Å².